The standard InChI is InChI=1S/C21H30F3N3O3S.C21H32FN3O3S.C20H30FN3O3S.C19H28F3N3O3S.C18H28FN3O3S/c1-2-31(29,30)26-18-7-5-15(6-8-18)14-25-19-12-16(11-17(13-19)21(22,23)24)20(28)27-9-3-4-10-27;1-15(2)29(27,28)24-17-7-5-16(6-8-17)14-23-18-9-10-19(20(22)13-18)21(26)25-11-3-4-12-25;1-2-28(26,27)23-18-7-5-15(6-8-18)14-22-19-12-16(11-17(21)13-19)20(25)24-9-3-4-10-24;1-4-29(27,28)24-16-7-5-13(6-8-16)12-23-17-10-14(18(26)25(2)3)9-15(11-17)19(20,21)22;1-4-26(24,25)21-16-7-5-13(6-8-16)12-20-17-10-14(9-15(19)11-17)18(23)22(2)3/h11-13,15,18,25-26H,2-10,14H2,1H3;9-10,13,15-17,23-24H,3-8,11-12,14H2,1-2H3;11-13,15,18,22-23H,2-10,14H2,1H3;9-11,13,16,23-24H,4-8,12H2,1-3H3;9-11,13,16,20-21H,4-8,12H2,1-3H3. The van der Waals surface area contributed by atoms with Crippen LogP contribution in [0.2, 0.25) is 0 Å². The molecule has 0 spiro atoms. The van der Waals surface area contributed by atoms with Crippen LogP contribution in [0.1, 0.15) is 271 Å². The van der Waals surface area contributed by atoms with E-state index in [9.17, 15) is 106 Å². The van der Waals surface area contributed by atoms with Gasteiger partial charge in [0.15, 0.2) is 0 Å². The van der Waals surface area contributed by atoms with Crippen LogP contribution >= 0.6 is 0 Å². The molecule has 10 N–H and O–H groups in total. The van der Waals surface area contributed by atoms with Crippen LogP contribution in [-0.2, 0) is 62.5 Å². The van der Waals surface area contributed by atoms with Crippen molar-refractivity contribution in [1.82, 2.24) is 48.1 Å². The second kappa shape index (κ2) is 54.3. The van der Waals surface area contributed by atoms with E-state index in [4.69, 9.17) is 0 Å². The molecule has 0 radical (unpaired) electrons. The number of amides is 5. The third-order valence-corrected chi connectivity index (χ3v) is 35.3. The first-order valence-electron chi connectivity index (χ1n) is 50.2. The molecule has 8 aliphatic rings. The Morgan fingerprint density at radius 1 is 0.329 bits per heavy atom. The molecule has 5 saturated carbocycles. The second-order valence-corrected chi connectivity index (χ2v) is 49.9. The smallest absolute Gasteiger partial charge is 0.385 e. The number of nitrogens with one attached hydrogen (secondary N) is 10. The molecule has 30 nitrogen and oxygen atoms in total. The van der Waals surface area contributed by atoms with Crippen molar-refractivity contribution in [1.29, 1.82) is 0 Å². The van der Waals surface area contributed by atoms with E-state index < -0.39 is 102 Å². The summed E-state index contributed by atoms with van der Waals surface area (Å²) in [6, 6.07) is 20.1. The molecule has 5 aromatic carbocycles. The lowest BCUT2D eigenvalue weighted by Crippen LogP contribution is -2.41. The van der Waals surface area contributed by atoms with E-state index in [2.05, 4.69) is 50.2 Å². The van der Waals surface area contributed by atoms with Crippen molar-refractivity contribution in [2.45, 2.75) is 256 Å². The molecule has 143 heavy (non-hydrogen) atoms. The van der Waals surface area contributed by atoms with Crippen LogP contribution in [0.15, 0.2) is 91.0 Å². The average molecular weight is 2120 g/mol. The Hall–Kier alpha value is -8.63. The number of hydrogen-bond acceptors (Lipinski definition) is 20. The number of alkyl halides is 6. The largest absolute Gasteiger partial charge is 0.416 e. The van der Waals surface area contributed by atoms with E-state index in [-0.39, 0.29) is 117 Å². The predicted molar refractivity (Wildman–Crippen MR) is 542 cm³/mol. The molecule has 802 valence electrons. The quantitative estimate of drug-likeness (QED) is 0.0168. The molecule has 5 amide bonds. The Morgan fingerprint density at radius 2 is 0.580 bits per heavy atom. The predicted octanol–water partition coefficient (Wildman–Crippen LogP) is 15.9. The summed E-state index contributed by atoms with van der Waals surface area (Å²) in [5.74, 6) is -0.820. The lowest BCUT2D eigenvalue weighted by atomic mass is 9.86. The molecule has 13 rings (SSSR count). The number of likely N-dealkylation sites (tertiary alicyclic amines) is 3. The SMILES string of the molecule is CC(C)S(=O)(=O)NC1CCC(CNc2ccc(C(=O)N3CCCC3)c(F)c2)CC1.CCS(=O)(=O)NC1CCC(CNc2cc(C(=O)N(C)C)cc(C(F)(F)F)c2)CC1.CCS(=O)(=O)NC1CCC(CNc2cc(C(=O)N3CCCC3)cc(C(F)(F)F)c2)CC1.CCS(=O)(=O)NC1CCC(CNc2cc(F)cc(C(=O)N(C)C)c2)CC1.CCS(=O)(=O)NC1CCC(CNc2cc(F)cc(C(=O)N3CCCC3)c2)CC1. The van der Waals surface area contributed by atoms with Crippen molar-refractivity contribution in [3.05, 3.63) is 147 Å². The van der Waals surface area contributed by atoms with Gasteiger partial charge in [-0.3, -0.25) is 24.0 Å². The summed E-state index contributed by atoms with van der Waals surface area (Å²) in [5.41, 5.74) is 1.58. The fourth-order valence-corrected chi connectivity index (χ4v) is 23.3. The Balaban J connectivity index is 0.000000200. The number of carbonyl (C=O) groups excluding carboxylic acids is 5. The third-order valence-electron chi connectivity index (χ3n) is 27.6. The van der Waals surface area contributed by atoms with Crippen LogP contribution in [0.4, 0.5) is 68.0 Å². The highest BCUT2D eigenvalue weighted by Crippen LogP contribution is 2.38. The highest BCUT2D eigenvalue weighted by Gasteiger charge is 2.37. The number of carbonyl (C=O) groups is 5. The van der Waals surface area contributed by atoms with Crippen LogP contribution in [0.5, 0.6) is 0 Å². The van der Waals surface area contributed by atoms with Gasteiger partial charge in [0.05, 0.1) is 45.0 Å². The zero-order valence-corrected chi connectivity index (χ0v) is 87.9. The molecule has 3 aliphatic heterocycles. The number of nitrogens with zero attached hydrogens (tertiary/aromatic N) is 5. The third kappa shape index (κ3) is 38.9. The minimum absolute atomic E-state index is 0.00646. The average Bonchev–Trinajstić information content (AvgIpc) is 1.14. The number of halogens is 9. The molecule has 0 unspecified atom stereocenters. The Kier molecular flexibility index (Phi) is 44.8. The number of rotatable bonds is 35. The van der Waals surface area contributed by atoms with E-state index in [0.717, 1.165) is 179 Å². The van der Waals surface area contributed by atoms with E-state index in [1.54, 1.807) is 94.6 Å². The summed E-state index contributed by atoms with van der Waals surface area (Å²) in [6.45, 7) is 16.9. The topological polar surface area (TPSA) is 393 Å². The highest BCUT2D eigenvalue weighted by molar-refractivity contribution is 7.90. The summed E-state index contributed by atoms with van der Waals surface area (Å²) in [6.07, 6.45) is 12.9. The number of sulfonamides is 5. The van der Waals surface area contributed by atoms with Crippen molar-refractivity contribution >= 4 is 108 Å². The molecule has 5 aliphatic carbocycles. The summed E-state index contributed by atoms with van der Waals surface area (Å²) < 4.78 is 253. The summed E-state index contributed by atoms with van der Waals surface area (Å²) in [7, 11) is -9.79. The van der Waals surface area contributed by atoms with Gasteiger partial charge >= 0.3 is 12.4 Å². The van der Waals surface area contributed by atoms with Crippen molar-refractivity contribution in [2.75, 3.05) is 150 Å². The molecule has 5 aromatic rings. The van der Waals surface area contributed by atoms with Gasteiger partial charge < -0.3 is 51.1 Å². The highest BCUT2D eigenvalue weighted by atomic mass is 32.2. The first kappa shape index (κ1) is 118. The Morgan fingerprint density at radius 3 is 0.860 bits per heavy atom. The van der Waals surface area contributed by atoms with Crippen LogP contribution in [0.25, 0.3) is 0 Å². The lowest BCUT2D eigenvalue weighted by molar-refractivity contribution is -0.138. The normalized spacial score (nSPS) is 21.9. The minimum Gasteiger partial charge on any atom is -0.385 e. The summed E-state index contributed by atoms with van der Waals surface area (Å²) >= 11 is 0. The summed E-state index contributed by atoms with van der Waals surface area (Å²) in [5, 5.41) is 15.4. The van der Waals surface area contributed by atoms with Crippen molar-refractivity contribution in [3.8, 4) is 0 Å². The molecule has 3 heterocycles. The van der Waals surface area contributed by atoms with E-state index in [0.29, 0.717) is 131 Å². The maximum absolute atomic E-state index is 14.4. The zero-order valence-electron chi connectivity index (χ0n) is 83.8. The van der Waals surface area contributed by atoms with Gasteiger partial charge in [0, 0.05) is 181 Å². The number of benzene rings is 5. The van der Waals surface area contributed by atoms with Gasteiger partial charge in [0.1, 0.15) is 17.5 Å². The molecule has 0 aromatic heterocycles. The first-order valence-corrected chi connectivity index (χ1v) is 58.3. The zero-order chi connectivity index (χ0) is 105. The van der Waals surface area contributed by atoms with Crippen molar-refractivity contribution < 1.29 is 106 Å². The molecule has 3 saturated heterocycles. The van der Waals surface area contributed by atoms with Gasteiger partial charge in [0.2, 0.25) is 50.1 Å². The van der Waals surface area contributed by atoms with Gasteiger partial charge in [-0.05, 0) is 329 Å². The Labute approximate surface area is 839 Å². The van der Waals surface area contributed by atoms with Gasteiger partial charge in [-0.2, -0.15) is 26.3 Å². The maximum atomic E-state index is 14.4. The minimum atomic E-state index is -4.55. The molecule has 0 atom stereocenters. The molecular weight excluding hydrogens is 1970 g/mol. The van der Waals surface area contributed by atoms with Crippen LogP contribution < -0.4 is 50.2 Å². The van der Waals surface area contributed by atoms with Crippen molar-refractivity contribution in [2.24, 2.45) is 29.6 Å². The maximum Gasteiger partial charge on any atom is 0.416 e. The van der Waals surface area contributed by atoms with Gasteiger partial charge in [0.25, 0.3) is 29.5 Å². The molecule has 44 heteroatoms. The van der Waals surface area contributed by atoms with Gasteiger partial charge in [-0.1, -0.05) is 0 Å². The number of anilines is 5. The molecule has 0 bridgehead atoms. The number of hydrogen-bond donors (Lipinski definition) is 10. The fourth-order valence-electron chi connectivity index (χ4n) is 18.7. The molecule has 8 fully saturated rings. The Bertz CT molecular complexity index is 5600. The first-order chi connectivity index (χ1) is 67.3. The monoisotopic (exact) mass is 2120 g/mol. The van der Waals surface area contributed by atoms with Crippen molar-refractivity contribution in [3.63, 3.8) is 0 Å². The summed E-state index contributed by atoms with van der Waals surface area (Å²) in [4.78, 5) is 69.4. The van der Waals surface area contributed by atoms with E-state index in [1.165, 1.54) is 66.4 Å². The van der Waals surface area contributed by atoms with E-state index in [1.807, 2.05) is 0 Å². The molecular formula is C99H148F9N15O15S5. The lowest BCUT2D eigenvalue weighted by Gasteiger charge is -2.29. The second-order valence-electron chi connectivity index (χ2n) is 39.4. The van der Waals surface area contributed by atoms with Gasteiger partial charge in [-0.15, -0.1) is 0 Å². The fraction of sp³-hybridized carbons (Fsp3) is 0.646. The van der Waals surface area contributed by atoms with Gasteiger partial charge in [-0.25, -0.2) is 78.9 Å². The van der Waals surface area contributed by atoms with Crippen LogP contribution in [0, 0.1) is 47.0 Å². The van der Waals surface area contributed by atoms with E-state index >= 15 is 0 Å². The van der Waals surface area contributed by atoms with Crippen LogP contribution in [0.3, 0.4) is 0 Å². The van der Waals surface area contributed by atoms with Crippen LogP contribution in [-0.4, -0.2) is 255 Å².